The van der Waals surface area contributed by atoms with Crippen molar-refractivity contribution in [3.63, 3.8) is 0 Å². The van der Waals surface area contributed by atoms with E-state index in [4.69, 9.17) is 11.6 Å². The predicted octanol–water partition coefficient (Wildman–Crippen LogP) is 5.22. The van der Waals surface area contributed by atoms with Crippen LogP contribution in [0.4, 0.5) is 13.2 Å². The summed E-state index contributed by atoms with van der Waals surface area (Å²) in [5, 5.41) is 3.57. The maximum atomic E-state index is 14.0. The van der Waals surface area contributed by atoms with E-state index >= 15 is 0 Å². The van der Waals surface area contributed by atoms with Gasteiger partial charge in [-0.25, -0.2) is 13.2 Å². The summed E-state index contributed by atoms with van der Waals surface area (Å²) in [7, 11) is 0. The van der Waals surface area contributed by atoms with E-state index in [9.17, 15) is 13.2 Å². The lowest BCUT2D eigenvalue weighted by atomic mass is 9.98. The van der Waals surface area contributed by atoms with Crippen LogP contribution in [0.2, 0.25) is 5.02 Å². The van der Waals surface area contributed by atoms with E-state index in [0.717, 1.165) is 6.07 Å². The molecule has 0 fully saturated rings. The molecule has 0 heterocycles. The Morgan fingerprint density at radius 2 is 1.76 bits per heavy atom. The molecule has 1 unspecified atom stereocenters. The first kappa shape index (κ1) is 16.3. The SMILES string of the molecule is CCNC(c1ccc(Cl)c(Br)c1)c1cc(F)c(F)cc1F. The van der Waals surface area contributed by atoms with Crippen LogP contribution < -0.4 is 5.32 Å². The maximum absolute atomic E-state index is 14.0. The molecule has 0 saturated heterocycles. The molecule has 0 saturated carbocycles. The fourth-order valence-electron chi connectivity index (χ4n) is 2.06. The van der Waals surface area contributed by atoms with Crippen molar-refractivity contribution in [3.05, 3.63) is 68.4 Å². The second-order valence-corrected chi connectivity index (χ2v) is 5.71. The minimum absolute atomic E-state index is 0.0463. The van der Waals surface area contributed by atoms with Crippen molar-refractivity contribution in [2.45, 2.75) is 13.0 Å². The molecule has 0 aliphatic carbocycles. The molecule has 2 aromatic carbocycles. The van der Waals surface area contributed by atoms with Crippen molar-refractivity contribution in [3.8, 4) is 0 Å². The number of rotatable bonds is 4. The second-order valence-electron chi connectivity index (χ2n) is 4.45. The zero-order chi connectivity index (χ0) is 15.6. The number of nitrogens with one attached hydrogen (secondary N) is 1. The summed E-state index contributed by atoms with van der Waals surface area (Å²) >= 11 is 9.23. The van der Waals surface area contributed by atoms with Crippen LogP contribution in [0.1, 0.15) is 24.1 Å². The molecule has 0 radical (unpaired) electrons. The van der Waals surface area contributed by atoms with Gasteiger partial charge in [0.05, 0.1) is 11.1 Å². The van der Waals surface area contributed by atoms with E-state index in [1.807, 2.05) is 6.92 Å². The van der Waals surface area contributed by atoms with Gasteiger partial charge in [0.25, 0.3) is 0 Å². The first-order valence-electron chi connectivity index (χ1n) is 6.26. The van der Waals surface area contributed by atoms with Crippen molar-refractivity contribution < 1.29 is 13.2 Å². The predicted molar refractivity (Wildman–Crippen MR) is 81.0 cm³/mol. The molecule has 0 aliphatic rings. The van der Waals surface area contributed by atoms with Gasteiger partial charge in [0.2, 0.25) is 0 Å². The Morgan fingerprint density at radius 1 is 1.10 bits per heavy atom. The maximum Gasteiger partial charge on any atom is 0.161 e. The topological polar surface area (TPSA) is 12.0 Å². The van der Waals surface area contributed by atoms with Gasteiger partial charge in [-0.2, -0.15) is 0 Å². The number of halogens is 5. The summed E-state index contributed by atoms with van der Waals surface area (Å²) in [4.78, 5) is 0. The third-order valence-corrected chi connectivity index (χ3v) is 4.25. The number of benzene rings is 2. The number of hydrogen-bond acceptors (Lipinski definition) is 1. The molecular weight excluding hydrogens is 367 g/mol. The van der Waals surface area contributed by atoms with Crippen LogP contribution in [0.25, 0.3) is 0 Å². The van der Waals surface area contributed by atoms with Crippen LogP contribution in [-0.2, 0) is 0 Å². The van der Waals surface area contributed by atoms with Gasteiger partial charge in [0.15, 0.2) is 11.6 Å². The molecule has 21 heavy (non-hydrogen) atoms. The summed E-state index contributed by atoms with van der Waals surface area (Å²) in [5.74, 6) is -3.09. The third-order valence-electron chi connectivity index (χ3n) is 3.04. The lowest BCUT2D eigenvalue weighted by Gasteiger charge is -2.20. The standard InChI is InChI=1S/C15H12BrClF3N/c1-2-21-15(8-3-4-11(17)10(16)5-8)9-6-13(19)14(20)7-12(9)18/h3-7,15,21H,2H2,1H3. The summed E-state index contributed by atoms with van der Waals surface area (Å²) in [6.45, 7) is 2.37. The molecule has 0 bridgehead atoms. The van der Waals surface area contributed by atoms with Crippen LogP contribution in [-0.4, -0.2) is 6.54 Å². The van der Waals surface area contributed by atoms with Gasteiger partial charge in [-0.1, -0.05) is 24.6 Å². The Morgan fingerprint density at radius 3 is 2.38 bits per heavy atom. The highest BCUT2D eigenvalue weighted by atomic mass is 79.9. The minimum atomic E-state index is -1.20. The highest BCUT2D eigenvalue weighted by Crippen LogP contribution is 2.31. The van der Waals surface area contributed by atoms with Crippen LogP contribution in [0.5, 0.6) is 0 Å². The van der Waals surface area contributed by atoms with Gasteiger partial charge in [0.1, 0.15) is 5.82 Å². The van der Waals surface area contributed by atoms with Crippen LogP contribution in [0.3, 0.4) is 0 Å². The van der Waals surface area contributed by atoms with E-state index in [2.05, 4.69) is 21.2 Å². The van der Waals surface area contributed by atoms with E-state index < -0.39 is 23.5 Å². The normalized spacial score (nSPS) is 12.5. The molecule has 0 spiro atoms. The van der Waals surface area contributed by atoms with Gasteiger partial charge in [-0.15, -0.1) is 0 Å². The van der Waals surface area contributed by atoms with Crippen LogP contribution in [0.15, 0.2) is 34.8 Å². The Labute approximate surface area is 134 Å². The van der Waals surface area contributed by atoms with Gasteiger partial charge in [-0.3, -0.25) is 0 Å². The minimum Gasteiger partial charge on any atom is -0.306 e. The van der Waals surface area contributed by atoms with Crippen molar-refractivity contribution in [2.24, 2.45) is 0 Å². The Bertz CT molecular complexity index is 664. The molecule has 0 aliphatic heterocycles. The van der Waals surface area contributed by atoms with Gasteiger partial charge in [-0.05, 0) is 46.2 Å². The highest BCUT2D eigenvalue weighted by Gasteiger charge is 2.20. The third kappa shape index (κ3) is 3.59. The molecule has 2 rings (SSSR count). The molecule has 6 heteroatoms. The van der Waals surface area contributed by atoms with Gasteiger partial charge < -0.3 is 5.32 Å². The van der Waals surface area contributed by atoms with Crippen molar-refractivity contribution >= 4 is 27.5 Å². The van der Waals surface area contributed by atoms with Crippen molar-refractivity contribution in [1.29, 1.82) is 0 Å². The Kier molecular flexibility index (Phi) is 5.30. The fourth-order valence-corrected chi connectivity index (χ4v) is 2.58. The summed E-state index contributed by atoms with van der Waals surface area (Å²) in [6.07, 6.45) is 0. The summed E-state index contributed by atoms with van der Waals surface area (Å²) in [5.41, 5.74) is 0.739. The molecule has 1 atom stereocenters. The van der Waals surface area contributed by atoms with Crippen molar-refractivity contribution in [1.82, 2.24) is 5.32 Å². The lowest BCUT2D eigenvalue weighted by molar-refractivity contribution is 0.481. The molecule has 2 aromatic rings. The fraction of sp³-hybridized carbons (Fsp3) is 0.200. The first-order chi connectivity index (χ1) is 9.93. The van der Waals surface area contributed by atoms with Crippen molar-refractivity contribution in [2.75, 3.05) is 6.54 Å². The molecule has 0 aromatic heterocycles. The molecule has 112 valence electrons. The van der Waals surface area contributed by atoms with Crippen LogP contribution in [0, 0.1) is 17.5 Å². The van der Waals surface area contributed by atoms with Gasteiger partial charge in [0, 0.05) is 16.1 Å². The average molecular weight is 379 g/mol. The van der Waals surface area contributed by atoms with E-state index in [-0.39, 0.29) is 5.56 Å². The molecule has 1 N–H and O–H groups in total. The molecular formula is C15H12BrClF3N. The van der Waals surface area contributed by atoms with E-state index in [0.29, 0.717) is 27.7 Å². The Hall–Kier alpha value is -1.04. The quantitative estimate of drug-likeness (QED) is 0.719. The van der Waals surface area contributed by atoms with Gasteiger partial charge >= 0.3 is 0 Å². The first-order valence-corrected chi connectivity index (χ1v) is 7.44. The van der Waals surface area contributed by atoms with Crippen LogP contribution >= 0.6 is 27.5 Å². The molecule has 1 nitrogen and oxygen atoms in total. The van der Waals surface area contributed by atoms with E-state index in [1.54, 1.807) is 18.2 Å². The summed E-state index contributed by atoms with van der Waals surface area (Å²) in [6, 6.07) is 5.92. The monoisotopic (exact) mass is 377 g/mol. The smallest absolute Gasteiger partial charge is 0.161 e. The molecule has 0 amide bonds. The van der Waals surface area contributed by atoms with E-state index in [1.165, 1.54) is 0 Å². The second kappa shape index (κ2) is 6.81. The number of hydrogen-bond donors (Lipinski definition) is 1. The largest absolute Gasteiger partial charge is 0.306 e. The highest BCUT2D eigenvalue weighted by molar-refractivity contribution is 9.10. The zero-order valence-corrected chi connectivity index (χ0v) is 13.4. The summed E-state index contributed by atoms with van der Waals surface area (Å²) < 4.78 is 41.1. The lowest BCUT2D eigenvalue weighted by Crippen LogP contribution is -2.23. The zero-order valence-electron chi connectivity index (χ0n) is 11.1. The average Bonchev–Trinajstić information content (AvgIpc) is 2.44. The Balaban J connectivity index is 2.52.